The number of rotatable bonds is 5. The van der Waals surface area contributed by atoms with E-state index in [0.29, 0.717) is 5.56 Å². The van der Waals surface area contributed by atoms with E-state index in [4.69, 9.17) is 4.74 Å². The van der Waals surface area contributed by atoms with Crippen molar-refractivity contribution in [2.45, 2.75) is 25.9 Å². The Morgan fingerprint density at radius 3 is 2.44 bits per heavy atom. The van der Waals surface area contributed by atoms with E-state index in [1.54, 1.807) is 30.3 Å². The number of ether oxygens (including phenoxy) is 1. The first-order valence-corrected chi connectivity index (χ1v) is 5.67. The van der Waals surface area contributed by atoms with Gasteiger partial charge in [-0.25, -0.2) is 4.79 Å². The largest absolute Gasteiger partial charge is 0.462 e. The molecule has 0 saturated heterocycles. The van der Waals surface area contributed by atoms with Crippen LogP contribution >= 0.6 is 0 Å². The predicted octanol–water partition coefficient (Wildman–Crippen LogP) is 3.82. The van der Waals surface area contributed by atoms with Crippen LogP contribution in [0.2, 0.25) is 0 Å². The molecule has 0 aromatic heterocycles. The fourth-order valence-electron chi connectivity index (χ4n) is 1.51. The van der Waals surface area contributed by atoms with Crippen molar-refractivity contribution in [3.05, 3.63) is 35.9 Å². The van der Waals surface area contributed by atoms with Crippen LogP contribution in [0.4, 0.5) is 13.2 Å². The standard InChI is InChI=1S/C13H15F3O2/c1-10(9-13(14,15)16)7-8-18-12(17)11-5-3-2-4-6-11/h2-6,10H,7-9H2,1H3. The highest BCUT2D eigenvalue weighted by atomic mass is 19.4. The third-order valence-electron chi connectivity index (χ3n) is 2.43. The first-order valence-electron chi connectivity index (χ1n) is 5.67. The van der Waals surface area contributed by atoms with E-state index in [1.165, 1.54) is 6.92 Å². The smallest absolute Gasteiger partial charge is 0.389 e. The van der Waals surface area contributed by atoms with Gasteiger partial charge in [0, 0.05) is 6.42 Å². The molecule has 18 heavy (non-hydrogen) atoms. The van der Waals surface area contributed by atoms with Crippen LogP contribution < -0.4 is 0 Å². The van der Waals surface area contributed by atoms with Crippen LogP contribution in [0.25, 0.3) is 0 Å². The Morgan fingerprint density at radius 1 is 1.28 bits per heavy atom. The van der Waals surface area contributed by atoms with Crippen LogP contribution in [-0.2, 0) is 4.74 Å². The van der Waals surface area contributed by atoms with Gasteiger partial charge in [-0.3, -0.25) is 0 Å². The molecular formula is C13H15F3O2. The molecular weight excluding hydrogens is 245 g/mol. The lowest BCUT2D eigenvalue weighted by atomic mass is 10.0. The summed E-state index contributed by atoms with van der Waals surface area (Å²) in [4.78, 5) is 11.5. The van der Waals surface area contributed by atoms with Crippen molar-refractivity contribution in [1.29, 1.82) is 0 Å². The van der Waals surface area contributed by atoms with Gasteiger partial charge in [0.2, 0.25) is 0 Å². The summed E-state index contributed by atoms with van der Waals surface area (Å²) in [6.07, 6.45) is -4.81. The van der Waals surface area contributed by atoms with Crippen molar-refractivity contribution in [2.75, 3.05) is 6.61 Å². The second-order valence-electron chi connectivity index (χ2n) is 4.22. The number of hydrogen-bond acceptors (Lipinski definition) is 2. The second-order valence-corrected chi connectivity index (χ2v) is 4.22. The molecule has 0 aliphatic rings. The first-order chi connectivity index (χ1) is 8.38. The molecule has 1 aromatic carbocycles. The average molecular weight is 260 g/mol. The summed E-state index contributed by atoms with van der Waals surface area (Å²) < 4.78 is 41.1. The van der Waals surface area contributed by atoms with E-state index < -0.39 is 24.5 Å². The van der Waals surface area contributed by atoms with Gasteiger partial charge in [-0.15, -0.1) is 0 Å². The lowest BCUT2D eigenvalue weighted by molar-refractivity contribution is -0.144. The first kappa shape index (κ1) is 14.5. The van der Waals surface area contributed by atoms with E-state index in [0.717, 1.165) is 0 Å². The Balaban J connectivity index is 2.28. The normalized spacial score (nSPS) is 13.1. The van der Waals surface area contributed by atoms with E-state index in [9.17, 15) is 18.0 Å². The fourth-order valence-corrected chi connectivity index (χ4v) is 1.51. The number of alkyl halides is 3. The number of carbonyl (C=O) groups excluding carboxylic acids is 1. The second kappa shape index (κ2) is 6.42. The summed E-state index contributed by atoms with van der Waals surface area (Å²) in [7, 11) is 0. The Hall–Kier alpha value is -1.52. The van der Waals surface area contributed by atoms with Gasteiger partial charge in [0.1, 0.15) is 0 Å². The van der Waals surface area contributed by atoms with Crippen molar-refractivity contribution in [3.63, 3.8) is 0 Å². The van der Waals surface area contributed by atoms with Gasteiger partial charge in [0.15, 0.2) is 0 Å². The Bertz CT molecular complexity index is 374. The van der Waals surface area contributed by atoms with Gasteiger partial charge in [-0.05, 0) is 24.5 Å². The maximum atomic E-state index is 12.0. The minimum absolute atomic E-state index is 0.00493. The van der Waals surface area contributed by atoms with Gasteiger partial charge in [-0.1, -0.05) is 25.1 Å². The summed E-state index contributed by atoms with van der Waals surface area (Å²) in [6.45, 7) is 1.49. The van der Waals surface area contributed by atoms with Crippen LogP contribution in [0.15, 0.2) is 30.3 Å². The molecule has 0 aliphatic carbocycles. The van der Waals surface area contributed by atoms with Gasteiger partial charge < -0.3 is 4.74 Å². The summed E-state index contributed by atoms with van der Waals surface area (Å²) >= 11 is 0. The van der Waals surface area contributed by atoms with Crippen molar-refractivity contribution >= 4 is 5.97 Å². The number of carbonyl (C=O) groups is 1. The van der Waals surface area contributed by atoms with Gasteiger partial charge >= 0.3 is 12.1 Å². The molecule has 0 aliphatic heterocycles. The minimum atomic E-state index is -4.16. The zero-order valence-corrected chi connectivity index (χ0v) is 10.0. The summed E-state index contributed by atoms with van der Waals surface area (Å²) in [5, 5.41) is 0. The Morgan fingerprint density at radius 2 is 1.89 bits per heavy atom. The molecule has 0 N–H and O–H groups in total. The monoisotopic (exact) mass is 260 g/mol. The SMILES string of the molecule is CC(CCOC(=O)c1ccccc1)CC(F)(F)F. The highest BCUT2D eigenvalue weighted by Crippen LogP contribution is 2.26. The Kier molecular flexibility index (Phi) is 5.19. The molecule has 1 unspecified atom stereocenters. The number of benzene rings is 1. The maximum Gasteiger partial charge on any atom is 0.389 e. The van der Waals surface area contributed by atoms with Crippen LogP contribution in [0.5, 0.6) is 0 Å². The molecule has 1 aromatic rings. The third kappa shape index (κ3) is 5.70. The molecule has 0 amide bonds. The lowest BCUT2D eigenvalue weighted by Gasteiger charge is -2.13. The van der Waals surface area contributed by atoms with Crippen molar-refractivity contribution < 1.29 is 22.7 Å². The molecule has 1 atom stereocenters. The van der Waals surface area contributed by atoms with E-state index in [2.05, 4.69) is 0 Å². The van der Waals surface area contributed by atoms with Gasteiger partial charge in [0.25, 0.3) is 0 Å². The molecule has 0 saturated carbocycles. The summed E-state index contributed by atoms with van der Waals surface area (Å²) in [5.74, 6) is -1.05. The molecule has 2 nitrogen and oxygen atoms in total. The highest BCUT2D eigenvalue weighted by molar-refractivity contribution is 5.89. The summed E-state index contributed by atoms with van der Waals surface area (Å²) in [5.41, 5.74) is 0.404. The molecule has 0 radical (unpaired) electrons. The van der Waals surface area contributed by atoms with Crippen molar-refractivity contribution in [2.24, 2.45) is 5.92 Å². The number of esters is 1. The zero-order valence-electron chi connectivity index (χ0n) is 10.0. The molecule has 0 fully saturated rings. The van der Waals surface area contributed by atoms with Crippen molar-refractivity contribution in [3.8, 4) is 0 Å². The predicted molar refractivity (Wildman–Crippen MR) is 61.2 cm³/mol. The lowest BCUT2D eigenvalue weighted by Crippen LogP contribution is -2.15. The molecule has 0 bridgehead atoms. The average Bonchev–Trinajstić information content (AvgIpc) is 2.27. The van der Waals surface area contributed by atoms with E-state index >= 15 is 0 Å². The molecule has 5 heteroatoms. The Labute approximate surface area is 104 Å². The van der Waals surface area contributed by atoms with Gasteiger partial charge in [0.05, 0.1) is 12.2 Å². The fraction of sp³-hybridized carbons (Fsp3) is 0.462. The zero-order chi connectivity index (χ0) is 13.6. The van der Waals surface area contributed by atoms with Crippen LogP contribution in [0.3, 0.4) is 0 Å². The quantitative estimate of drug-likeness (QED) is 0.752. The maximum absolute atomic E-state index is 12.0. The van der Waals surface area contributed by atoms with E-state index in [-0.39, 0.29) is 13.0 Å². The molecule has 0 heterocycles. The molecule has 0 spiro atoms. The van der Waals surface area contributed by atoms with Crippen molar-refractivity contribution in [1.82, 2.24) is 0 Å². The van der Waals surface area contributed by atoms with Crippen LogP contribution in [0, 0.1) is 5.92 Å². The topological polar surface area (TPSA) is 26.3 Å². The third-order valence-corrected chi connectivity index (χ3v) is 2.43. The minimum Gasteiger partial charge on any atom is -0.462 e. The number of hydrogen-bond donors (Lipinski definition) is 0. The van der Waals surface area contributed by atoms with E-state index in [1.807, 2.05) is 0 Å². The van der Waals surface area contributed by atoms with Crippen LogP contribution in [-0.4, -0.2) is 18.8 Å². The van der Waals surface area contributed by atoms with Gasteiger partial charge in [-0.2, -0.15) is 13.2 Å². The highest BCUT2D eigenvalue weighted by Gasteiger charge is 2.29. The molecule has 100 valence electrons. The molecule has 1 rings (SSSR count). The van der Waals surface area contributed by atoms with Crippen LogP contribution in [0.1, 0.15) is 30.1 Å². The number of halogens is 3. The summed E-state index contributed by atoms with van der Waals surface area (Å²) in [6, 6.07) is 8.36.